The fourth-order valence-electron chi connectivity index (χ4n) is 6.17. The largest absolute Gasteiger partial charge is 0.338 e. The van der Waals surface area contributed by atoms with Gasteiger partial charge in [-0.3, -0.25) is 9.59 Å². The molecule has 6 rings (SSSR count). The van der Waals surface area contributed by atoms with E-state index >= 15 is 0 Å². The quantitative estimate of drug-likeness (QED) is 0.366. The number of nitrogens with one attached hydrogen (secondary N) is 1. The van der Waals surface area contributed by atoms with Gasteiger partial charge in [-0.1, -0.05) is 12.1 Å². The van der Waals surface area contributed by atoms with Crippen LogP contribution < -0.4 is 11.1 Å². The minimum Gasteiger partial charge on any atom is -0.338 e. The third kappa shape index (κ3) is 5.48. The topological polar surface area (TPSA) is 111 Å². The summed E-state index contributed by atoms with van der Waals surface area (Å²) in [5.41, 5.74) is 10.9. The Kier molecular flexibility index (Phi) is 7.57. The van der Waals surface area contributed by atoms with Crippen molar-refractivity contribution in [3.05, 3.63) is 65.9 Å². The molecule has 0 radical (unpaired) electrons. The first-order chi connectivity index (χ1) is 19.9. The lowest BCUT2D eigenvalue weighted by Crippen LogP contribution is -2.48. The molecular weight excluding hydrogens is 521 g/mol. The number of nitrogens with zero attached hydrogens (tertiary/aromatic N) is 5. The van der Waals surface area contributed by atoms with Crippen LogP contribution in [0, 0.1) is 6.92 Å². The fraction of sp³-hybridized carbons (Fsp3) is 0.419. The van der Waals surface area contributed by atoms with E-state index in [4.69, 9.17) is 5.73 Å². The first kappa shape index (κ1) is 27.1. The van der Waals surface area contributed by atoms with Gasteiger partial charge in [0.2, 0.25) is 11.8 Å². The van der Waals surface area contributed by atoms with Crippen LogP contribution in [0.2, 0.25) is 0 Å². The molecule has 5 heterocycles. The van der Waals surface area contributed by atoms with Gasteiger partial charge in [0.15, 0.2) is 0 Å². The second-order valence-electron chi connectivity index (χ2n) is 11.1. The lowest BCUT2D eigenvalue weighted by molar-refractivity contribution is -0.139. The van der Waals surface area contributed by atoms with Gasteiger partial charge >= 0.3 is 0 Å². The number of anilines is 1. The minimum absolute atomic E-state index is 0.0291. The Morgan fingerprint density at radius 2 is 2.00 bits per heavy atom. The van der Waals surface area contributed by atoms with Crippen LogP contribution in [0.25, 0.3) is 22.2 Å². The Labute approximate surface area is 238 Å². The number of amides is 2. The van der Waals surface area contributed by atoms with E-state index < -0.39 is 12.2 Å². The molecule has 4 aromatic rings. The first-order valence-electron chi connectivity index (χ1n) is 14.5. The number of carbonyl (C=O) groups is 2. The van der Waals surface area contributed by atoms with Crippen molar-refractivity contribution in [2.45, 2.75) is 77.3 Å². The van der Waals surface area contributed by atoms with E-state index in [0.717, 1.165) is 65.0 Å². The Balaban J connectivity index is 1.26. The van der Waals surface area contributed by atoms with E-state index in [1.54, 1.807) is 6.07 Å². The maximum atomic E-state index is 14.4. The van der Waals surface area contributed by atoms with Gasteiger partial charge in [0, 0.05) is 54.4 Å². The number of carbonyl (C=O) groups excluding carboxylic acids is 2. The van der Waals surface area contributed by atoms with Crippen molar-refractivity contribution in [3.63, 3.8) is 0 Å². The normalized spacial score (nSPS) is 19.1. The van der Waals surface area contributed by atoms with Gasteiger partial charge < -0.3 is 25.1 Å². The van der Waals surface area contributed by atoms with Gasteiger partial charge in [-0.25, -0.2) is 14.4 Å². The number of fused-ring (bicyclic) bond motifs is 2. The Hall–Kier alpha value is -4.05. The summed E-state index contributed by atoms with van der Waals surface area (Å²) in [6.45, 7) is 3.34. The zero-order valence-corrected chi connectivity index (χ0v) is 23.4. The van der Waals surface area contributed by atoms with Gasteiger partial charge in [-0.05, 0) is 68.9 Å². The summed E-state index contributed by atoms with van der Waals surface area (Å²) < 4.78 is 18.6. The molecule has 0 aliphatic carbocycles. The molecule has 0 saturated carbocycles. The van der Waals surface area contributed by atoms with Crippen molar-refractivity contribution in [3.8, 4) is 11.3 Å². The number of imidazole rings is 1. The fourth-order valence-corrected chi connectivity index (χ4v) is 6.17. The molecule has 2 atom stereocenters. The molecule has 0 spiro atoms. The van der Waals surface area contributed by atoms with Gasteiger partial charge in [0.25, 0.3) is 0 Å². The second kappa shape index (κ2) is 11.4. The van der Waals surface area contributed by atoms with Crippen LogP contribution in [-0.4, -0.2) is 54.6 Å². The maximum Gasteiger partial charge on any atom is 0.248 e. The Morgan fingerprint density at radius 1 is 1.12 bits per heavy atom. The van der Waals surface area contributed by atoms with Crippen LogP contribution in [0.4, 0.5) is 10.2 Å². The van der Waals surface area contributed by atoms with Crippen LogP contribution in [0.5, 0.6) is 0 Å². The number of hydrogen-bond acceptors (Lipinski definition) is 5. The molecule has 214 valence electrons. The molecular formula is C31H36FN7O2. The minimum atomic E-state index is -1.05. The van der Waals surface area contributed by atoms with Crippen LogP contribution in [0.15, 0.2) is 48.8 Å². The highest BCUT2D eigenvalue weighted by Gasteiger charge is 2.34. The smallest absolute Gasteiger partial charge is 0.248 e. The molecule has 9 nitrogen and oxygen atoms in total. The Bertz CT molecular complexity index is 1590. The highest BCUT2D eigenvalue weighted by Crippen LogP contribution is 2.31. The number of likely N-dealkylation sites (tertiary alicyclic amines) is 1. The highest BCUT2D eigenvalue weighted by atomic mass is 19.1. The van der Waals surface area contributed by atoms with Crippen LogP contribution in [-0.2, 0) is 35.6 Å². The predicted octanol–water partition coefficient (Wildman–Crippen LogP) is 4.36. The number of aryl methyl sites for hydroxylation is 2. The van der Waals surface area contributed by atoms with Gasteiger partial charge in [-0.15, -0.1) is 0 Å². The standard InChI is InChI=1S/C31H36FN7O2/c1-20-5-4-6-28(35-20)36-31(41)26-11-9-23(32)12-14-39(26)30(40)19-37-18-22(16-33)24-15-21(8-10-25(24)37)27-17-34-29-7-2-3-13-38(27)29/h4-6,8,10,15,17-18,23,26H,2-3,7,9,11-14,16,19,33H2,1H3,(H,35,36,41)/t23?,26-/m0/s1. The van der Waals surface area contributed by atoms with E-state index in [2.05, 4.69) is 32.0 Å². The number of nitrogens with two attached hydrogens (primary N) is 1. The molecule has 1 fully saturated rings. The third-order valence-corrected chi connectivity index (χ3v) is 8.33. The van der Waals surface area contributed by atoms with Crippen molar-refractivity contribution < 1.29 is 14.0 Å². The molecule has 10 heteroatoms. The number of hydrogen-bond donors (Lipinski definition) is 2. The summed E-state index contributed by atoms with van der Waals surface area (Å²) in [5.74, 6) is 0.964. The molecule has 1 unspecified atom stereocenters. The molecule has 2 aliphatic rings. The number of rotatable bonds is 6. The number of aromatic nitrogens is 4. The summed E-state index contributed by atoms with van der Waals surface area (Å²) in [5, 5.41) is 3.82. The lowest BCUT2D eigenvalue weighted by Gasteiger charge is -2.29. The van der Waals surface area contributed by atoms with Gasteiger partial charge in [-0.2, -0.15) is 0 Å². The summed E-state index contributed by atoms with van der Waals surface area (Å²) in [4.78, 5) is 37.6. The summed E-state index contributed by atoms with van der Waals surface area (Å²) in [7, 11) is 0. The van der Waals surface area contributed by atoms with Gasteiger partial charge in [0.1, 0.15) is 30.4 Å². The summed E-state index contributed by atoms with van der Waals surface area (Å²) in [6, 6.07) is 10.8. The van der Waals surface area contributed by atoms with Crippen molar-refractivity contribution in [2.75, 3.05) is 11.9 Å². The van der Waals surface area contributed by atoms with E-state index in [1.165, 1.54) is 4.90 Å². The number of benzene rings is 1. The summed E-state index contributed by atoms with van der Waals surface area (Å²) >= 11 is 0. The predicted molar refractivity (Wildman–Crippen MR) is 156 cm³/mol. The molecule has 1 aromatic carbocycles. The molecule has 2 amide bonds. The van der Waals surface area contributed by atoms with E-state index in [1.807, 2.05) is 42.1 Å². The van der Waals surface area contributed by atoms with Gasteiger partial charge in [0.05, 0.1) is 11.9 Å². The lowest BCUT2D eigenvalue weighted by atomic mass is 10.1. The van der Waals surface area contributed by atoms with Crippen LogP contribution >= 0.6 is 0 Å². The molecule has 41 heavy (non-hydrogen) atoms. The second-order valence-corrected chi connectivity index (χ2v) is 11.1. The first-order valence-corrected chi connectivity index (χ1v) is 14.5. The number of pyridine rings is 1. The zero-order valence-electron chi connectivity index (χ0n) is 23.4. The molecule has 3 N–H and O–H groups in total. The van der Waals surface area contributed by atoms with Crippen molar-refractivity contribution in [1.29, 1.82) is 0 Å². The maximum absolute atomic E-state index is 14.4. The number of halogens is 1. The van der Waals surface area contributed by atoms with Crippen molar-refractivity contribution in [2.24, 2.45) is 5.73 Å². The molecule has 0 bridgehead atoms. The van der Waals surface area contributed by atoms with Crippen LogP contribution in [0.3, 0.4) is 0 Å². The highest BCUT2D eigenvalue weighted by molar-refractivity contribution is 5.97. The molecule has 3 aromatic heterocycles. The van der Waals surface area contributed by atoms with Crippen molar-refractivity contribution in [1.82, 2.24) is 24.0 Å². The number of alkyl halides is 1. The molecule has 1 saturated heterocycles. The third-order valence-electron chi connectivity index (χ3n) is 8.33. The van der Waals surface area contributed by atoms with E-state index in [-0.39, 0.29) is 44.2 Å². The van der Waals surface area contributed by atoms with E-state index in [0.29, 0.717) is 12.4 Å². The monoisotopic (exact) mass is 557 g/mol. The average Bonchev–Trinajstić information content (AvgIpc) is 3.49. The summed E-state index contributed by atoms with van der Waals surface area (Å²) in [6.07, 6.45) is 6.80. The average molecular weight is 558 g/mol. The van der Waals surface area contributed by atoms with Crippen LogP contribution in [0.1, 0.15) is 49.2 Å². The molecule has 2 aliphatic heterocycles. The van der Waals surface area contributed by atoms with E-state index in [9.17, 15) is 14.0 Å². The SMILES string of the molecule is Cc1cccc(NC(=O)[C@@H]2CCC(F)CCN2C(=O)Cn2cc(CN)c3cc(-c4cnc5n4CCCC5)ccc32)n1. The zero-order chi connectivity index (χ0) is 28.5. The van der Waals surface area contributed by atoms with Crippen molar-refractivity contribution >= 4 is 28.5 Å². The Morgan fingerprint density at radius 3 is 2.83 bits per heavy atom.